The first-order valence-electron chi connectivity index (χ1n) is 5.65. The van der Waals surface area contributed by atoms with Gasteiger partial charge in [0, 0.05) is 20.2 Å². The van der Waals surface area contributed by atoms with Gasteiger partial charge in [0.25, 0.3) is 5.91 Å². The monoisotopic (exact) mass is 239 g/mol. The Morgan fingerprint density at radius 2 is 2.24 bits per heavy atom. The summed E-state index contributed by atoms with van der Waals surface area (Å²) in [7, 11) is 1.68. The Labute approximate surface area is 101 Å². The van der Waals surface area contributed by atoms with Crippen LogP contribution < -0.4 is 0 Å². The SMILES string of the molecule is CCOC(C)C(=O)N(C)Cc1cccc(F)c1. The molecule has 0 saturated carbocycles. The summed E-state index contributed by atoms with van der Waals surface area (Å²) in [6.45, 7) is 4.44. The molecule has 0 aliphatic carbocycles. The number of amides is 1. The van der Waals surface area contributed by atoms with Crippen molar-refractivity contribution in [3.8, 4) is 0 Å². The maximum Gasteiger partial charge on any atom is 0.251 e. The molecule has 4 heteroatoms. The molecule has 0 N–H and O–H groups in total. The van der Waals surface area contributed by atoms with E-state index in [-0.39, 0.29) is 11.7 Å². The fourth-order valence-electron chi connectivity index (χ4n) is 1.62. The maximum absolute atomic E-state index is 13.0. The van der Waals surface area contributed by atoms with Crippen LogP contribution in [0.4, 0.5) is 4.39 Å². The maximum atomic E-state index is 13.0. The van der Waals surface area contributed by atoms with Crippen molar-refractivity contribution in [2.75, 3.05) is 13.7 Å². The molecule has 1 aromatic carbocycles. The molecule has 1 aromatic rings. The molecular formula is C13H18FNO2. The molecule has 0 fully saturated rings. The van der Waals surface area contributed by atoms with Crippen molar-refractivity contribution in [2.45, 2.75) is 26.5 Å². The van der Waals surface area contributed by atoms with E-state index >= 15 is 0 Å². The van der Waals surface area contributed by atoms with E-state index in [9.17, 15) is 9.18 Å². The molecule has 1 unspecified atom stereocenters. The van der Waals surface area contributed by atoms with Gasteiger partial charge >= 0.3 is 0 Å². The van der Waals surface area contributed by atoms with Crippen molar-refractivity contribution in [1.29, 1.82) is 0 Å². The quantitative estimate of drug-likeness (QED) is 0.788. The number of halogens is 1. The molecule has 1 amide bonds. The molecule has 0 radical (unpaired) electrons. The molecule has 0 bridgehead atoms. The molecule has 0 aromatic heterocycles. The van der Waals surface area contributed by atoms with Crippen LogP contribution >= 0.6 is 0 Å². The van der Waals surface area contributed by atoms with Crippen LogP contribution in [-0.2, 0) is 16.1 Å². The van der Waals surface area contributed by atoms with Crippen LogP contribution in [0.1, 0.15) is 19.4 Å². The smallest absolute Gasteiger partial charge is 0.251 e. The topological polar surface area (TPSA) is 29.5 Å². The molecule has 0 spiro atoms. The summed E-state index contributed by atoms with van der Waals surface area (Å²) in [5, 5.41) is 0. The number of carbonyl (C=O) groups is 1. The molecule has 94 valence electrons. The van der Waals surface area contributed by atoms with Gasteiger partial charge in [-0.3, -0.25) is 4.79 Å². The molecule has 3 nitrogen and oxygen atoms in total. The highest BCUT2D eigenvalue weighted by Crippen LogP contribution is 2.08. The van der Waals surface area contributed by atoms with E-state index in [2.05, 4.69) is 0 Å². The number of likely N-dealkylation sites (N-methyl/N-ethyl adjacent to an activating group) is 1. The second kappa shape index (κ2) is 6.35. The van der Waals surface area contributed by atoms with E-state index in [4.69, 9.17) is 4.74 Å². The zero-order chi connectivity index (χ0) is 12.8. The summed E-state index contributed by atoms with van der Waals surface area (Å²) in [6.07, 6.45) is -0.460. The summed E-state index contributed by atoms with van der Waals surface area (Å²) >= 11 is 0. The van der Waals surface area contributed by atoms with Crippen LogP contribution in [0.2, 0.25) is 0 Å². The third-order valence-electron chi connectivity index (χ3n) is 2.45. The Morgan fingerprint density at radius 1 is 1.53 bits per heavy atom. The minimum atomic E-state index is -0.460. The van der Waals surface area contributed by atoms with Gasteiger partial charge in [-0.1, -0.05) is 12.1 Å². The number of benzene rings is 1. The van der Waals surface area contributed by atoms with E-state index in [0.717, 1.165) is 5.56 Å². The van der Waals surface area contributed by atoms with E-state index in [0.29, 0.717) is 13.2 Å². The average molecular weight is 239 g/mol. The first-order valence-corrected chi connectivity index (χ1v) is 5.65. The van der Waals surface area contributed by atoms with Gasteiger partial charge in [-0.25, -0.2) is 4.39 Å². The van der Waals surface area contributed by atoms with Gasteiger partial charge in [0.15, 0.2) is 0 Å². The Bertz CT molecular complexity index is 381. The van der Waals surface area contributed by atoms with Crippen molar-refractivity contribution in [2.24, 2.45) is 0 Å². The lowest BCUT2D eigenvalue weighted by Gasteiger charge is -2.21. The number of rotatable bonds is 5. The summed E-state index contributed by atoms with van der Waals surface area (Å²) in [6, 6.07) is 6.23. The van der Waals surface area contributed by atoms with Gasteiger partial charge in [0.05, 0.1) is 0 Å². The Balaban J connectivity index is 2.59. The van der Waals surface area contributed by atoms with Gasteiger partial charge in [-0.15, -0.1) is 0 Å². The second-order valence-electron chi connectivity index (χ2n) is 3.92. The number of ether oxygens (including phenoxy) is 1. The largest absolute Gasteiger partial charge is 0.369 e. The molecule has 1 atom stereocenters. The molecule has 0 aliphatic rings. The van der Waals surface area contributed by atoms with Crippen molar-refractivity contribution in [1.82, 2.24) is 4.90 Å². The van der Waals surface area contributed by atoms with Crippen molar-refractivity contribution >= 4 is 5.91 Å². The highest BCUT2D eigenvalue weighted by atomic mass is 19.1. The van der Waals surface area contributed by atoms with Crippen LogP contribution in [0.5, 0.6) is 0 Å². The number of hydrogen-bond acceptors (Lipinski definition) is 2. The van der Waals surface area contributed by atoms with Crippen molar-refractivity contribution in [3.05, 3.63) is 35.6 Å². The molecular weight excluding hydrogens is 221 g/mol. The Hall–Kier alpha value is -1.42. The highest BCUT2D eigenvalue weighted by molar-refractivity contribution is 5.80. The minimum absolute atomic E-state index is 0.101. The number of nitrogens with zero attached hydrogens (tertiary/aromatic N) is 1. The summed E-state index contributed by atoms with van der Waals surface area (Å²) in [5.41, 5.74) is 0.768. The van der Waals surface area contributed by atoms with Gasteiger partial charge in [0.2, 0.25) is 0 Å². The van der Waals surface area contributed by atoms with Gasteiger partial charge in [0.1, 0.15) is 11.9 Å². The normalized spacial score (nSPS) is 12.2. The first kappa shape index (κ1) is 13.6. The average Bonchev–Trinajstić information content (AvgIpc) is 2.28. The van der Waals surface area contributed by atoms with Gasteiger partial charge in [-0.05, 0) is 31.5 Å². The van der Waals surface area contributed by atoms with E-state index in [1.54, 1.807) is 26.1 Å². The third-order valence-corrected chi connectivity index (χ3v) is 2.45. The molecule has 0 heterocycles. The highest BCUT2D eigenvalue weighted by Gasteiger charge is 2.17. The van der Waals surface area contributed by atoms with Crippen LogP contribution in [0, 0.1) is 5.82 Å². The molecule has 17 heavy (non-hydrogen) atoms. The van der Waals surface area contributed by atoms with Crippen LogP contribution in [0.3, 0.4) is 0 Å². The lowest BCUT2D eigenvalue weighted by Crippen LogP contribution is -2.35. The van der Waals surface area contributed by atoms with E-state index in [1.165, 1.54) is 17.0 Å². The van der Waals surface area contributed by atoms with Gasteiger partial charge < -0.3 is 9.64 Å². The lowest BCUT2D eigenvalue weighted by atomic mass is 10.2. The number of hydrogen-bond donors (Lipinski definition) is 0. The molecule has 1 rings (SSSR count). The minimum Gasteiger partial charge on any atom is -0.369 e. The summed E-state index contributed by atoms with van der Waals surface area (Å²) in [4.78, 5) is 13.4. The lowest BCUT2D eigenvalue weighted by molar-refractivity contribution is -0.141. The van der Waals surface area contributed by atoms with Gasteiger partial charge in [-0.2, -0.15) is 0 Å². The standard InChI is InChI=1S/C13H18FNO2/c1-4-17-10(2)13(16)15(3)9-11-6-5-7-12(14)8-11/h5-8,10H,4,9H2,1-3H3. The molecule has 0 aliphatic heterocycles. The number of carbonyl (C=O) groups excluding carboxylic acids is 1. The van der Waals surface area contributed by atoms with Crippen LogP contribution in [0.15, 0.2) is 24.3 Å². The van der Waals surface area contributed by atoms with Crippen LogP contribution in [0.25, 0.3) is 0 Å². The van der Waals surface area contributed by atoms with Crippen molar-refractivity contribution < 1.29 is 13.9 Å². The zero-order valence-corrected chi connectivity index (χ0v) is 10.4. The Morgan fingerprint density at radius 3 is 2.82 bits per heavy atom. The third kappa shape index (κ3) is 4.15. The predicted molar refractivity (Wildman–Crippen MR) is 64.0 cm³/mol. The fraction of sp³-hybridized carbons (Fsp3) is 0.462. The predicted octanol–water partition coefficient (Wildman–Crippen LogP) is 2.21. The van der Waals surface area contributed by atoms with Crippen molar-refractivity contribution in [3.63, 3.8) is 0 Å². The van der Waals surface area contributed by atoms with E-state index in [1.807, 2.05) is 6.92 Å². The summed E-state index contributed by atoms with van der Waals surface area (Å²) < 4.78 is 18.2. The Kier molecular flexibility index (Phi) is 5.10. The summed E-state index contributed by atoms with van der Waals surface area (Å²) in [5.74, 6) is -0.391. The first-order chi connectivity index (χ1) is 8.04. The zero-order valence-electron chi connectivity index (χ0n) is 10.4. The van der Waals surface area contributed by atoms with E-state index < -0.39 is 6.10 Å². The molecule has 0 saturated heterocycles. The fourth-order valence-corrected chi connectivity index (χ4v) is 1.62. The second-order valence-corrected chi connectivity index (χ2v) is 3.92. The van der Waals surface area contributed by atoms with Crippen LogP contribution in [-0.4, -0.2) is 30.6 Å².